The molecule has 2 bridgehead atoms. The predicted octanol–water partition coefficient (Wildman–Crippen LogP) is 2.77. The van der Waals surface area contributed by atoms with Crippen LogP contribution >= 0.6 is 11.8 Å². The van der Waals surface area contributed by atoms with E-state index >= 15 is 0 Å². The van der Waals surface area contributed by atoms with E-state index in [0.717, 1.165) is 17.3 Å². The van der Waals surface area contributed by atoms with E-state index in [2.05, 4.69) is 11.4 Å². The smallest absolute Gasteiger partial charge is 0.116 e. The summed E-state index contributed by atoms with van der Waals surface area (Å²) in [7, 11) is 0. The number of phenols is 1. The molecule has 2 atom stereocenters. The van der Waals surface area contributed by atoms with E-state index in [0.29, 0.717) is 5.75 Å². The van der Waals surface area contributed by atoms with Gasteiger partial charge in [-0.05, 0) is 43.9 Å². The summed E-state index contributed by atoms with van der Waals surface area (Å²) in [4.78, 5) is 1.20. The molecule has 16 heavy (non-hydrogen) atoms. The van der Waals surface area contributed by atoms with Crippen LogP contribution in [0.1, 0.15) is 25.7 Å². The highest BCUT2D eigenvalue weighted by Crippen LogP contribution is 2.37. The minimum Gasteiger partial charge on any atom is -0.508 e. The van der Waals surface area contributed by atoms with Crippen LogP contribution < -0.4 is 5.32 Å². The third-order valence-electron chi connectivity index (χ3n) is 3.55. The summed E-state index contributed by atoms with van der Waals surface area (Å²) in [5.41, 5.74) is 0. The summed E-state index contributed by atoms with van der Waals surface area (Å²) in [6, 6.07) is 9.11. The summed E-state index contributed by atoms with van der Waals surface area (Å²) in [6.45, 7) is 0. The standard InChI is InChI=1S/C13H17NOS/c15-11-2-1-3-12(8-11)16-13-6-9-4-5-10(7-13)14-9/h1-3,8-10,13-15H,4-7H2. The zero-order chi connectivity index (χ0) is 11.0. The van der Waals surface area contributed by atoms with Crippen molar-refractivity contribution in [3.05, 3.63) is 24.3 Å². The Labute approximate surface area is 100 Å². The summed E-state index contributed by atoms with van der Waals surface area (Å²) >= 11 is 1.93. The quantitative estimate of drug-likeness (QED) is 0.826. The molecule has 86 valence electrons. The molecule has 1 aromatic carbocycles. The lowest BCUT2D eigenvalue weighted by molar-refractivity contribution is 0.415. The van der Waals surface area contributed by atoms with Crippen LogP contribution in [-0.2, 0) is 0 Å². The molecule has 1 aromatic rings. The number of thioether (sulfide) groups is 1. The van der Waals surface area contributed by atoms with Crippen molar-refractivity contribution < 1.29 is 5.11 Å². The number of rotatable bonds is 2. The Balaban J connectivity index is 1.67. The van der Waals surface area contributed by atoms with Gasteiger partial charge in [-0.2, -0.15) is 0 Å². The van der Waals surface area contributed by atoms with Crippen molar-refractivity contribution in [2.45, 2.75) is 47.9 Å². The number of hydrogen-bond donors (Lipinski definition) is 2. The van der Waals surface area contributed by atoms with Crippen LogP contribution in [0.5, 0.6) is 5.75 Å². The first-order valence-electron chi connectivity index (χ1n) is 6.01. The lowest BCUT2D eigenvalue weighted by Gasteiger charge is -2.28. The van der Waals surface area contributed by atoms with Gasteiger partial charge < -0.3 is 10.4 Å². The lowest BCUT2D eigenvalue weighted by Crippen LogP contribution is -2.39. The molecule has 2 fully saturated rings. The topological polar surface area (TPSA) is 32.3 Å². The lowest BCUT2D eigenvalue weighted by atomic mass is 10.1. The van der Waals surface area contributed by atoms with Crippen molar-refractivity contribution in [2.24, 2.45) is 0 Å². The molecule has 3 heteroatoms. The highest BCUT2D eigenvalue weighted by molar-refractivity contribution is 8.00. The Hall–Kier alpha value is -0.670. The third kappa shape index (κ3) is 2.20. The van der Waals surface area contributed by atoms with Gasteiger partial charge in [-0.25, -0.2) is 0 Å². The molecule has 0 amide bonds. The van der Waals surface area contributed by atoms with E-state index in [9.17, 15) is 5.11 Å². The Kier molecular flexibility index (Phi) is 2.82. The van der Waals surface area contributed by atoms with E-state index in [1.165, 1.54) is 30.6 Å². The molecule has 0 aromatic heterocycles. The first kappa shape index (κ1) is 10.5. The van der Waals surface area contributed by atoms with Gasteiger partial charge in [0.1, 0.15) is 5.75 Å². The number of aromatic hydroxyl groups is 1. The van der Waals surface area contributed by atoms with Crippen molar-refractivity contribution in [2.75, 3.05) is 0 Å². The highest BCUT2D eigenvalue weighted by atomic mass is 32.2. The van der Waals surface area contributed by atoms with Gasteiger partial charge >= 0.3 is 0 Å². The van der Waals surface area contributed by atoms with E-state index in [-0.39, 0.29) is 0 Å². The Morgan fingerprint density at radius 1 is 1.19 bits per heavy atom. The minimum absolute atomic E-state index is 0.377. The highest BCUT2D eigenvalue weighted by Gasteiger charge is 2.33. The zero-order valence-corrected chi connectivity index (χ0v) is 10.0. The molecule has 2 aliphatic heterocycles. The Morgan fingerprint density at radius 2 is 1.94 bits per heavy atom. The fourth-order valence-electron chi connectivity index (χ4n) is 2.85. The molecule has 2 heterocycles. The van der Waals surface area contributed by atoms with Gasteiger partial charge in [-0.1, -0.05) is 6.07 Å². The maximum Gasteiger partial charge on any atom is 0.116 e. The van der Waals surface area contributed by atoms with Crippen molar-refractivity contribution in [1.29, 1.82) is 0 Å². The maximum atomic E-state index is 9.43. The van der Waals surface area contributed by atoms with Gasteiger partial charge in [0.25, 0.3) is 0 Å². The summed E-state index contributed by atoms with van der Waals surface area (Å²) < 4.78 is 0. The Bertz CT molecular complexity index is 370. The van der Waals surface area contributed by atoms with Crippen LogP contribution in [0.2, 0.25) is 0 Å². The molecule has 2 unspecified atom stereocenters. The van der Waals surface area contributed by atoms with Crippen molar-refractivity contribution in [3.63, 3.8) is 0 Å². The normalized spacial score (nSPS) is 32.9. The molecule has 0 radical (unpaired) electrons. The van der Waals surface area contributed by atoms with Gasteiger partial charge in [0.2, 0.25) is 0 Å². The van der Waals surface area contributed by atoms with E-state index in [4.69, 9.17) is 0 Å². The van der Waals surface area contributed by atoms with Crippen LogP contribution in [0.4, 0.5) is 0 Å². The summed E-state index contributed by atoms with van der Waals surface area (Å²) in [5, 5.41) is 13.8. The largest absolute Gasteiger partial charge is 0.508 e. The molecule has 2 saturated heterocycles. The Morgan fingerprint density at radius 3 is 2.62 bits per heavy atom. The number of nitrogens with one attached hydrogen (secondary N) is 1. The van der Waals surface area contributed by atoms with Crippen LogP contribution in [0.3, 0.4) is 0 Å². The minimum atomic E-state index is 0.377. The molecule has 0 spiro atoms. The van der Waals surface area contributed by atoms with Crippen LogP contribution in [-0.4, -0.2) is 22.4 Å². The molecule has 2 nitrogen and oxygen atoms in total. The van der Waals surface area contributed by atoms with Crippen molar-refractivity contribution in [1.82, 2.24) is 5.32 Å². The average Bonchev–Trinajstić information content (AvgIpc) is 2.58. The van der Waals surface area contributed by atoms with Gasteiger partial charge in [-0.15, -0.1) is 11.8 Å². The molecule has 2 N–H and O–H groups in total. The van der Waals surface area contributed by atoms with Gasteiger partial charge in [0.05, 0.1) is 0 Å². The average molecular weight is 235 g/mol. The molecule has 0 saturated carbocycles. The fourth-order valence-corrected chi connectivity index (χ4v) is 4.24. The fraction of sp³-hybridized carbons (Fsp3) is 0.538. The number of piperidine rings is 1. The second-order valence-electron chi connectivity index (χ2n) is 4.85. The van der Waals surface area contributed by atoms with E-state index in [1.54, 1.807) is 6.07 Å². The number of phenolic OH excluding ortho intramolecular Hbond substituents is 1. The molecule has 0 aliphatic carbocycles. The SMILES string of the molecule is Oc1cccc(SC2CC3CCC(C2)N3)c1. The molecule has 2 aliphatic rings. The number of fused-ring (bicyclic) bond motifs is 2. The second-order valence-corrected chi connectivity index (χ2v) is 6.22. The second kappa shape index (κ2) is 4.30. The first-order chi connectivity index (χ1) is 7.79. The van der Waals surface area contributed by atoms with E-state index in [1.807, 2.05) is 23.9 Å². The van der Waals surface area contributed by atoms with Gasteiger partial charge in [-0.3, -0.25) is 0 Å². The number of hydrogen-bond acceptors (Lipinski definition) is 3. The number of benzene rings is 1. The van der Waals surface area contributed by atoms with Crippen molar-refractivity contribution >= 4 is 11.8 Å². The zero-order valence-electron chi connectivity index (χ0n) is 9.23. The maximum absolute atomic E-state index is 9.43. The monoisotopic (exact) mass is 235 g/mol. The summed E-state index contributed by atoms with van der Waals surface area (Å²) in [5.74, 6) is 0.377. The predicted molar refractivity (Wildman–Crippen MR) is 66.9 cm³/mol. The molecular formula is C13H17NOS. The van der Waals surface area contributed by atoms with Crippen LogP contribution in [0.25, 0.3) is 0 Å². The summed E-state index contributed by atoms with van der Waals surface area (Å²) in [6.07, 6.45) is 5.25. The first-order valence-corrected chi connectivity index (χ1v) is 6.89. The molecule has 3 rings (SSSR count). The van der Waals surface area contributed by atoms with Gasteiger partial charge in [0.15, 0.2) is 0 Å². The molecular weight excluding hydrogens is 218 g/mol. The van der Waals surface area contributed by atoms with E-state index < -0.39 is 0 Å². The van der Waals surface area contributed by atoms with Crippen LogP contribution in [0, 0.1) is 0 Å². The van der Waals surface area contributed by atoms with Gasteiger partial charge in [0, 0.05) is 22.2 Å². The van der Waals surface area contributed by atoms with Crippen LogP contribution in [0.15, 0.2) is 29.2 Å². The third-order valence-corrected chi connectivity index (χ3v) is 4.79. The van der Waals surface area contributed by atoms with Crippen molar-refractivity contribution in [3.8, 4) is 5.75 Å².